The van der Waals surface area contributed by atoms with Crippen LogP contribution < -0.4 is 9.47 Å². The first-order valence-corrected chi connectivity index (χ1v) is 6.24. The Morgan fingerprint density at radius 2 is 1.85 bits per heavy atom. The van der Waals surface area contributed by atoms with Gasteiger partial charge in [0.15, 0.2) is 0 Å². The van der Waals surface area contributed by atoms with Crippen molar-refractivity contribution in [1.82, 2.24) is 4.90 Å². The molecule has 0 radical (unpaired) electrons. The van der Waals surface area contributed by atoms with Crippen LogP contribution in [0.2, 0.25) is 0 Å². The van der Waals surface area contributed by atoms with Crippen molar-refractivity contribution in [2.45, 2.75) is 13.5 Å². The molecule has 1 aromatic carbocycles. The lowest BCUT2D eigenvalue weighted by Gasteiger charge is -2.17. The van der Waals surface area contributed by atoms with Crippen LogP contribution in [-0.2, 0) is 16.1 Å². The molecule has 6 heteroatoms. The van der Waals surface area contributed by atoms with Crippen LogP contribution in [0.15, 0.2) is 29.2 Å². The zero-order valence-corrected chi connectivity index (χ0v) is 12.0. The first kappa shape index (κ1) is 14.2. The van der Waals surface area contributed by atoms with E-state index in [0.717, 1.165) is 5.56 Å². The van der Waals surface area contributed by atoms with Gasteiger partial charge in [0.2, 0.25) is 5.91 Å². The molecule has 20 heavy (non-hydrogen) atoms. The van der Waals surface area contributed by atoms with Crippen LogP contribution in [0.4, 0.5) is 0 Å². The third-order valence-electron chi connectivity index (χ3n) is 3.52. The lowest BCUT2D eigenvalue weighted by molar-refractivity contribution is -0.138. The summed E-state index contributed by atoms with van der Waals surface area (Å²) in [4.78, 5) is 25.3. The molecule has 0 N–H and O–H groups in total. The molecule has 1 aliphatic rings. The Bertz CT molecular complexity index is 585. The second kappa shape index (κ2) is 5.40. The van der Waals surface area contributed by atoms with Crippen LogP contribution in [0.5, 0.6) is 11.5 Å². The van der Waals surface area contributed by atoms with Crippen molar-refractivity contribution in [3.8, 4) is 11.5 Å². The Kier molecular flexibility index (Phi) is 3.83. The summed E-state index contributed by atoms with van der Waals surface area (Å²) in [6.07, 6.45) is 0. The highest BCUT2D eigenvalue weighted by atomic mass is 16.5. The minimum atomic E-state index is -0.245. The molecule has 0 aliphatic carbocycles. The fourth-order valence-corrected chi connectivity index (χ4v) is 2.11. The van der Waals surface area contributed by atoms with Crippen LogP contribution >= 0.6 is 0 Å². The molecule has 0 fully saturated rings. The first-order valence-electron chi connectivity index (χ1n) is 6.24. The van der Waals surface area contributed by atoms with Crippen LogP contribution in [0.25, 0.3) is 0 Å². The number of carbonyl (C=O) groups is 2. The van der Waals surface area contributed by atoms with Gasteiger partial charge in [0.25, 0.3) is 5.91 Å². The van der Waals surface area contributed by atoms with Gasteiger partial charge >= 0.3 is 0 Å². The summed E-state index contributed by atoms with van der Waals surface area (Å²) < 4.78 is 10.4. The van der Waals surface area contributed by atoms with Gasteiger partial charge in [-0.2, -0.15) is 0 Å². The topological polar surface area (TPSA) is 55.8 Å². The van der Waals surface area contributed by atoms with Crippen LogP contribution in [0.3, 0.4) is 0 Å². The summed E-state index contributed by atoms with van der Waals surface area (Å²) >= 11 is 0. The van der Waals surface area contributed by atoms with Gasteiger partial charge in [-0.25, -0.2) is 0 Å². The number of amides is 2. The van der Waals surface area contributed by atoms with E-state index in [2.05, 4.69) is 0 Å². The summed E-state index contributed by atoms with van der Waals surface area (Å²) in [6, 6.07) is 5.30. The maximum Gasteiger partial charge on any atom is 0.256 e. The molecule has 1 aliphatic heterocycles. The van der Waals surface area contributed by atoms with E-state index in [1.165, 1.54) is 4.90 Å². The normalized spacial score (nSPS) is 15.1. The van der Waals surface area contributed by atoms with E-state index in [1.54, 1.807) is 47.2 Å². The largest absolute Gasteiger partial charge is 0.497 e. The van der Waals surface area contributed by atoms with Crippen LogP contribution in [0, 0.1) is 0 Å². The van der Waals surface area contributed by atoms with Gasteiger partial charge in [0, 0.05) is 17.2 Å². The van der Waals surface area contributed by atoms with Crippen molar-refractivity contribution in [2.24, 2.45) is 0 Å². The first-order chi connectivity index (χ1) is 9.49. The zero-order valence-electron chi connectivity index (χ0n) is 12.0. The van der Waals surface area contributed by atoms with E-state index in [1.807, 2.05) is 0 Å². The van der Waals surface area contributed by atoms with Crippen molar-refractivity contribution in [2.75, 3.05) is 14.2 Å². The average molecular weight is 273 g/mol. The van der Waals surface area contributed by atoms with Gasteiger partial charge in [0.1, 0.15) is 19.3 Å². The molecule has 0 spiro atoms. The predicted molar refractivity (Wildman–Crippen MR) is 76.3 cm³/mol. The fraction of sp³-hybridized carbons (Fsp3) is 0.286. The van der Waals surface area contributed by atoms with Gasteiger partial charge in [-0.1, -0.05) is 0 Å². The summed E-state index contributed by atoms with van der Waals surface area (Å²) in [5, 5.41) is 0. The molecule has 5 nitrogen and oxygen atoms in total. The Morgan fingerprint density at radius 3 is 2.35 bits per heavy atom. The number of imide groups is 1. The van der Waals surface area contributed by atoms with E-state index in [-0.39, 0.29) is 18.4 Å². The highest BCUT2D eigenvalue weighted by Gasteiger charge is 2.33. The van der Waals surface area contributed by atoms with Crippen LogP contribution in [-0.4, -0.2) is 38.8 Å². The third kappa shape index (κ3) is 2.29. The summed E-state index contributed by atoms with van der Waals surface area (Å²) in [5.41, 5.74) is 1.77. The number of methoxy groups -OCH3 is 2. The van der Waals surface area contributed by atoms with Crippen molar-refractivity contribution < 1.29 is 19.1 Å². The standard InChI is InChI=1S/C14H16BNO4/c1-8-12(15)14(18)16(13(8)17)7-9-4-5-10(19-2)6-11(9)20-3/h4-6H,7,15H2,1-3H3. The molecule has 0 saturated heterocycles. The molecular weight excluding hydrogens is 257 g/mol. The quantitative estimate of drug-likeness (QED) is 0.591. The van der Waals surface area contributed by atoms with Gasteiger partial charge < -0.3 is 9.47 Å². The maximum atomic E-state index is 12.0. The fourth-order valence-electron chi connectivity index (χ4n) is 2.11. The molecule has 104 valence electrons. The van der Waals surface area contributed by atoms with E-state index in [4.69, 9.17) is 9.47 Å². The monoisotopic (exact) mass is 273 g/mol. The second-order valence-corrected chi connectivity index (χ2v) is 4.62. The van der Waals surface area contributed by atoms with E-state index < -0.39 is 0 Å². The maximum absolute atomic E-state index is 12.0. The zero-order chi connectivity index (χ0) is 14.9. The molecule has 0 bridgehead atoms. The molecular formula is C14H16BNO4. The molecule has 1 heterocycles. The smallest absolute Gasteiger partial charge is 0.256 e. The Morgan fingerprint density at radius 1 is 1.15 bits per heavy atom. The molecule has 2 amide bonds. The Hall–Kier alpha value is -2.24. The predicted octanol–water partition coefficient (Wildman–Crippen LogP) is 0.480. The molecule has 2 rings (SSSR count). The van der Waals surface area contributed by atoms with Crippen LogP contribution in [0.1, 0.15) is 12.5 Å². The average Bonchev–Trinajstić information content (AvgIpc) is 2.65. The van der Waals surface area contributed by atoms with Crippen molar-refractivity contribution in [3.63, 3.8) is 0 Å². The van der Waals surface area contributed by atoms with Crippen molar-refractivity contribution in [3.05, 3.63) is 34.8 Å². The van der Waals surface area contributed by atoms with Crippen molar-refractivity contribution >= 4 is 19.7 Å². The van der Waals surface area contributed by atoms with E-state index >= 15 is 0 Å². The molecule has 0 saturated carbocycles. The summed E-state index contributed by atoms with van der Waals surface area (Å²) in [7, 11) is 4.78. The lowest BCUT2D eigenvalue weighted by Crippen LogP contribution is -2.31. The van der Waals surface area contributed by atoms with Crippen molar-refractivity contribution in [1.29, 1.82) is 0 Å². The third-order valence-corrected chi connectivity index (χ3v) is 3.52. The van der Waals surface area contributed by atoms with Gasteiger partial charge in [0.05, 0.1) is 20.8 Å². The number of nitrogens with zero attached hydrogens (tertiary/aromatic N) is 1. The highest BCUT2D eigenvalue weighted by Crippen LogP contribution is 2.28. The molecule has 1 aromatic rings. The number of ether oxygens (including phenoxy) is 2. The summed E-state index contributed by atoms with van der Waals surface area (Å²) in [6.45, 7) is 1.86. The van der Waals surface area contributed by atoms with E-state index in [9.17, 15) is 9.59 Å². The highest BCUT2D eigenvalue weighted by molar-refractivity contribution is 6.43. The minimum absolute atomic E-state index is 0.194. The SMILES string of the molecule is BC1=C(C)C(=O)N(Cc2ccc(OC)cc2OC)C1=O. The number of hydrogen-bond acceptors (Lipinski definition) is 4. The lowest BCUT2D eigenvalue weighted by atomic mass is 9.92. The Labute approximate surface area is 118 Å². The van der Waals surface area contributed by atoms with Gasteiger partial charge in [-0.05, 0) is 24.5 Å². The van der Waals surface area contributed by atoms with E-state index in [0.29, 0.717) is 22.5 Å². The molecule has 0 aromatic heterocycles. The number of hydrogen-bond donors (Lipinski definition) is 0. The Balaban J connectivity index is 2.28. The number of benzene rings is 1. The number of carbonyl (C=O) groups excluding carboxylic acids is 2. The molecule has 0 atom stereocenters. The van der Waals surface area contributed by atoms with Gasteiger partial charge in [-0.3, -0.25) is 14.5 Å². The molecule has 0 unspecified atom stereocenters. The summed E-state index contributed by atoms with van der Waals surface area (Å²) in [5.74, 6) is 0.762. The number of rotatable bonds is 4. The van der Waals surface area contributed by atoms with Gasteiger partial charge in [-0.15, -0.1) is 0 Å². The minimum Gasteiger partial charge on any atom is -0.497 e. The second-order valence-electron chi connectivity index (χ2n) is 4.62.